The van der Waals surface area contributed by atoms with Gasteiger partial charge in [-0.05, 0) is 76.2 Å². The van der Waals surface area contributed by atoms with E-state index in [1.165, 1.54) is 40.1 Å². The van der Waals surface area contributed by atoms with Crippen LogP contribution in [-0.4, -0.2) is 36.3 Å². The highest BCUT2D eigenvalue weighted by molar-refractivity contribution is 8.00. The third kappa shape index (κ3) is 3.37. The van der Waals surface area contributed by atoms with Crippen molar-refractivity contribution < 1.29 is 9.47 Å². The van der Waals surface area contributed by atoms with Crippen molar-refractivity contribution in [3.8, 4) is 11.5 Å². The average Bonchev–Trinajstić information content (AvgIpc) is 3.33. The van der Waals surface area contributed by atoms with Crippen molar-refractivity contribution in [2.45, 2.75) is 58.1 Å². The lowest BCUT2D eigenvalue weighted by atomic mass is 9.81. The number of benzene rings is 2. The summed E-state index contributed by atoms with van der Waals surface area (Å²) in [4.78, 5) is 5.27. The molecule has 0 amide bonds. The fraction of sp³-hybridized carbons (Fsp3) is 0.480. The molecule has 1 fully saturated rings. The quantitative estimate of drug-likeness (QED) is 0.617. The van der Waals surface area contributed by atoms with Crippen molar-refractivity contribution >= 4 is 23.3 Å². The molecule has 3 aliphatic heterocycles. The Morgan fingerprint density at radius 3 is 2.70 bits per heavy atom. The van der Waals surface area contributed by atoms with E-state index in [9.17, 15) is 0 Å². The number of fused-ring (bicyclic) bond motifs is 3. The largest absolute Gasteiger partial charge is 0.493 e. The zero-order valence-corrected chi connectivity index (χ0v) is 19.4. The van der Waals surface area contributed by atoms with Gasteiger partial charge in [0.05, 0.1) is 18.4 Å². The number of hydrogen-bond acceptors (Lipinski definition) is 5. The molecule has 3 heterocycles. The number of rotatable bonds is 3. The van der Waals surface area contributed by atoms with Crippen molar-refractivity contribution in [3.63, 3.8) is 0 Å². The Morgan fingerprint density at radius 2 is 1.97 bits per heavy atom. The summed E-state index contributed by atoms with van der Waals surface area (Å²) < 4.78 is 14.5. The summed E-state index contributed by atoms with van der Waals surface area (Å²) in [6.07, 6.45) is 3.01. The molecular formula is C25H30N2O2S. The van der Waals surface area contributed by atoms with E-state index < -0.39 is 0 Å². The molecule has 0 unspecified atom stereocenters. The third-order valence-electron chi connectivity index (χ3n) is 6.06. The normalized spacial score (nSPS) is 21.0. The highest BCUT2D eigenvalue weighted by Gasteiger charge is 2.39. The highest BCUT2D eigenvalue weighted by Crippen LogP contribution is 2.48. The molecule has 2 aromatic carbocycles. The Labute approximate surface area is 183 Å². The van der Waals surface area contributed by atoms with Gasteiger partial charge in [-0.1, -0.05) is 12.1 Å². The average molecular weight is 423 g/mol. The van der Waals surface area contributed by atoms with E-state index in [2.05, 4.69) is 62.3 Å². The number of nitrogens with zero attached hydrogens (tertiary/aromatic N) is 2. The second-order valence-corrected chi connectivity index (χ2v) is 10.9. The number of methoxy groups -OCH3 is 1. The minimum Gasteiger partial charge on any atom is -0.493 e. The summed E-state index contributed by atoms with van der Waals surface area (Å²) in [5.41, 5.74) is 6.95. The van der Waals surface area contributed by atoms with Crippen LogP contribution < -0.4 is 13.8 Å². The summed E-state index contributed by atoms with van der Waals surface area (Å²) in [7, 11) is 1.73. The smallest absolute Gasteiger partial charge is 0.166 e. The Bertz CT molecular complexity index is 1040. The van der Waals surface area contributed by atoms with Crippen LogP contribution in [0.15, 0.2) is 35.3 Å². The second kappa shape index (κ2) is 6.94. The molecule has 3 aliphatic rings. The van der Waals surface area contributed by atoms with Crippen LogP contribution in [0.5, 0.6) is 11.5 Å². The van der Waals surface area contributed by atoms with Gasteiger partial charge >= 0.3 is 0 Å². The minimum atomic E-state index is -0.239. The maximum Gasteiger partial charge on any atom is 0.166 e. The van der Waals surface area contributed by atoms with Gasteiger partial charge in [-0.25, -0.2) is 0 Å². The molecule has 0 saturated carbocycles. The predicted octanol–water partition coefficient (Wildman–Crippen LogP) is 5.44. The van der Waals surface area contributed by atoms with Gasteiger partial charge in [-0.2, -0.15) is 0 Å². The van der Waals surface area contributed by atoms with Crippen LogP contribution in [0.3, 0.4) is 0 Å². The van der Waals surface area contributed by atoms with E-state index in [4.69, 9.17) is 14.5 Å². The van der Waals surface area contributed by atoms with Crippen LogP contribution in [0.1, 0.15) is 56.4 Å². The Morgan fingerprint density at radius 1 is 1.13 bits per heavy atom. The number of ether oxygens (including phenoxy) is 2. The van der Waals surface area contributed by atoms with Gasteiger partial charge in [0, 0.05) is 41.1 Å². The first-order valence-corrected chi connectivity index (χ1v) is 11.7. The van der Waals surface area contributed by atoms with Crippen LogP contribution in [0.4, 0.5) is 5.69 Å². The second-order valence-electron chi connectivity index (χ2n) is 9.75. The number of hydrogen-bond donors (Lipinski definition) is 0. The van der Waals surface area contributed by atoms with E-state index in [-0.39, 0.29) is 11.1 Å². The maximum absolute atomic E-state index is 6.33. The van der Waals surface area contributed by atoms with Gasteiger partial charge in [0.2, 0.25) is 0 Å². The van der Waals surface area contributed by atoms with Crippen molar-refractivity contribution in [1.29, 1.82) is 0 Å². The van der Waals surface area contributed by atoms with Crippen LogP contribution in [0.25, 0.3) is 0 Å². The lowest BCUT2D eigenvalue weighted by Crippen LogP contribution is -2.30. The van der Waals surface area contributed by atoms with Crippen LogP contribution in [0, 0.1) is 0 Å². The van der Waals surface area contributed by atoms with E-state index in [0.717, 1.165) is 36.6 Å². The predicted molar refractivity (Wildman–Crippen MR) is 126 cm³/mol. The van der Waals surface area contributed by atoms with Gasteiger partial charge in [0.1, 0.15) is 5.60 Å². The first kappa shape index (κ1) is 19.8. The molecule has 4 nitrogen and oxygen atoms in total. The summed E-state index contributed by atoms with van der Waals surface area (Å²) in [6.45, 7) is 9.84. The van der Waals surface area contributed by atoms with Crippen molar-refractivity contribution in [1.82, 2.24) is 0 Å². The molecule has 30 heavy (non-hydrogen) atoms. The van der Waals surface area contributed by atoms with Crippen molar-refractivity contribution in [3.05, 3.63) is 52.6 Å². The highest BCUT2D eigenvalue weighted by atomic mass is 32.2. The summed E-state index contributed by atoms with van der Waals surface area (Å²) in [5.74, 6) is 2.93. The summed E-state index contributed by atoms with van der Waals surface area (Å²) >= 11 is 1.92. The van der Waals surface area contributed by atoms with Crippen LogP contribution >= 0.6 is 11.9 Å². The van der Waals surface area contributed by atoms with E-state index in [1.807, 2.05) is 11.9 Å². The van der Waals surface area contributed by atoms with E-state index in [1.54, 1.807) is 7.11 Å². The molecule has 0 radical (unpaired) electrons. The molecule has 0 N–H and O–H groups in total. The molecule has 1 saturated heterocycles. The van der Waals surface area contributed by atoms with Gasteiger partial charge in [0.25, 0.3) is 0 Å². The number of aliphatic imine (C=N–C) groups is 1. The molecule has 5 rings (SSSR count). The molecule has 0 aliphatic carbocycles. The van der Waals surface area contributed by atoms with Gasteiger partial charge in [0.15, 0.2) is 11.5 Å². The zero-order valence-electron chi connectivity index (χ0n) is 18.5. The molecule has 5 heteroatoms. The Kier molecular flexibility index (Phi) is 4.58. The van der Waals surface area contributed by atoms with E-state index >= 15 is 0 Å². The topological polar surface area (TPSA) is 34.1 Å². The molecule has 0 atom stereocenters. The van der Waals surface area contributed by atoms with Crippen molar-refractivity contribution in [2.24, 2.45) is 4.99 Å². The van der Waals surface area contributed by atoms with Crippen molar-refractivity contribution in [2.75, 3.05) is 23.7 Å². The van der Waals surface area contributed by atoms with Gasteiger partial charge in [-0.15, -0.1) is 0 Å². The first-order valence-electron chi connectivity index (χ1n) is 10.8. The lowest BCUT2D eigenvalue weighted by molar-refractivity contribution is 0.134. The standard InChI is InChI=1S/C25H30N2O2S/c1-24(2)14-17-13-20(28-5)23-19(15-25(3,4)29-23)21(17)22(26-24)16-8-6-9-18(12-16)27-10-7-11-30-27/h6,8-9,12-13H,7,10-11,14-15H2,1-5H3. The lowest BCUT2D eigenvalue weighted by Gasteiger charge is -2.31. The first-order chi connectivity index (χ1) is 14.3. The molecule has 0 bridgehead atoms. The molecule has 2 aromatic rings. The van der Waals surface area contributed by atoms with Gasteiger partial charge in [-0.3, -0.25) is 4.99 Å². The fourth-order valence-electron chi connectivity index (χ4n) is 4.89. The Hall–Kier alpha value is -2.14. The van der Waals surface area contributed by atoms with E-state index in [0.29, 0.717) is 0 Å². The molecule has 0 aromatic heterocycles. The fourth-order valence-corrected chi connectivity index (χ4v) is 5.89. The molecular weight excluding hydrogens is 392 g/mol. The van der Waals surface area contributed by atoms with Crippen LogP contribution in [0.2, 0.25) is 0 Å². The van der Waals surface area contributed by atoms with Gasteiger partial charge < -0.3 is 13.8 Å². The minimum absolute atomic E-state index is 0.158. The summed E-state index contributed by atoms with van der Waals surface area (Å²) in [5, 5.41) is 0. The Balaban J connectivity index is 1.69. The van der Waals surface area contributed by atoms with Crippen LogP contribution in [-0.2, 0) is 12.8 Å². The maximum atomic E-state index is 6.33. The summed E-state index contributed by atoms with van der Waals surface area (Å²) in [6, 6.07) is 11.1. The number of anilines is 1. The monoisotopic (exact) mass is 422 g/mol. The third-order valence-corrected chi connectivity index (χ3v) is 7.24. The SMILES string of the molecule is COc1cc2c(c3c1OC(C)(C)C3)C(c1cccc(N3CCCS3)c1)=NC(C)(C)C2. The molecule has 0 spiro atoms. The molecule has 158 valence electrons. The zero-order chi connectivity index (χ0) is 21.1.